The van der Waals surface area contributed by atoms with E-state index in [9.17, 15) is 0 Å². The van der Waals surface area contributed by atoms with Gasteiger partial charge in [0.1, 0.15) is 0 Å². The van der Waals surface area contributed by atoms with Crippen LogP contribution >= 0.6 is 23.2 Å². The minimum absolute atomic E-state index is 0.0863. The number of hydrogen-bond acceptors (Lipinski definition) is 3. The average molecular weight is 334 g/mol. The molecule has 0 bridgehead atoms. The predicted molar refractivity (Wildman–Crippen MR) is 92.1 cm³/mol. The summed E-state index contributed by atoms with van der Waals surface area (Å²) in [7, 11) is 0. The molecule has 0 fully saturated rings. The molecule has 3 nitrogen and oxygen atoms in total. The van der Waals surface area contributed by atoms with E-state index in [1.165, 1.54) is 0 Å². The van der Waals surface area contributed by atoms with Gasteiger partial charge in [0, 0.05) is 37.8 Å². The Balaban J connectivity index is 1.90. The highest BCUT2D eigenvalue weighted by atomic mass is 35.5. The Morgan fingerprint density at radius 1 is 1.18 bits per heavy atom. The summed E-state index contributed by atoms with van der Waals surface area (Å²) < 4.78 is 0. The monoisotopic (exact) mass is 333 g/mol. The molecular weight excluding hydrogens is 317 g/mol. The van der Waals surface area contributed by atoms with E-state index in [1.54, 1.807) is 6.20 Å². The molecule has 1 aromatic heterocycles. The lowest BCUT2D eigenvalue weighted by Crippen LogP contribution is -2.27. The van der Waals surface area contributed by atoms with Crippen molar-refractivity contribution in [3.63, 3.8) is 0 Å². The molecule has 0 saturated heterocycles. The van der Waals surface area contributed by atoms with Crippen molar-refractivity contribution in [2.45, 2.75) is 18.8 Å². The lowest BCUT2D eigenvalue weighted by molar-refractivity contribution is 0.748. The molecule has 0 amide bonds. The molecular formula is C17H17Cl2N3. The Bertz CT molecular complexity index is 671. The van der Waals surface area contributed by atoms with Gasteiger partial charge in [-0.3, -0.25) is 9.98 Å². The number of rotatable bonds is 4. The number of nitrogens with one attached hydrogen (secondary N) is 1. The van der Waals surface area contributed by atoms with E-state index in [2.05, 4.69) is 21.4 Å². The zero-order valence-corrected chi connectivity index (χ0v) is 13.6. The fraction of sp³-hybridized carbons (Fsp3) is 0.294. The number of pyridine rings is 1. The summed E-state index contributed by atoms with van der Waals surface area (Å²) in [6, 6.07) is 9.76. The number of halogens is 2. The van der Waals surface area contributed by atoms with Gasteiger partial charge in [-0.1, -0.05) is 41.4 Å². The van der Waals surface area contributed by atoms with Gasteiger partial charge in [-0.05, 0) is 29.7 Å². The Morgan fingerprint density at radius 3 is 2.82 bits per heavy atom. The predicted octanol–water partition coefficient (Wildman–Crippen LogP) is 4.30. The molecule has 1 atom stereocenters. The highest BCUT2D eigenvalue weighted by Gasteiger charge is 2.19. The van der Waals surface area contributed by atoms with Crippen molar-refractivity contribution in [3.05, 3.63) is 63.9 Å². The molecule has 1 unspecified atom stereocenters. The van der Waals surface area contributed by atoms with E-state index in [4.69, 9.17) is 23.2 Å². The Labute approximate surface area is 140 Å². The van der Waals surface area contributed by atoms with Crippen LogP contribution in [-0.4, -0.2) is 23.9 Å². The van der Waals surface area contributed by atoms with Gasteiger partial charge in [0.05, 0.1) is 15.9 Å². The summed E-state index contributed by atoms with van der Waals surface area (Å²) in [5.74, 6) is 1.16. The van der Waals surface area contributed by atoms with Gasteiger partial charge in [0.25, 0.3) is 0 Å². The van der Waals surface area contributed by atoms with Crippen LogP contribution < -0.4 is 5.32 Å². The maximum absolute atomic E-state index is 6.42. The van der Waals surface area contributed by atoms with Crippen LogP contribution in [0, 0.1) is 0 Å². The molecule has 2 aromatic rings. The lowest BCUT2D eigenvalue weighted by Gasteiger charge is -2.20. The molecule has 1 aliphatic rings. The van der Waals surface area contributed by atoms with Crippen LogP contribution in [0.4, 0.5) is 0 Å². The van der Waals surface area contributed by atoms with Gasteiger partial charge in [-0.2, -0.15) is 0 Å². The van der Waals surface area contributed by atoms with Crippen LogP contribution in [-0.2, 0) is 0 Å². The number of aromatic nitrogens is 1. The first kappa shape index (κ1) is 15.3. The lowest BCUT2D eigenvalue weighted by atomic mass is 9.92. The number of amidine groups is 1. The Kier molecular flexibility index (Phi) is 4.96. The molecule has 22 heavy (non-hydrogen) atoms. The first-order valence-electron chi connectivity index (χ1n) is 7.36. The third kappa shape index (κ3) is 3.42. The molecule has 1 aromatic carbocycles. The summed E-state index contributed by atoms with van der Waals surface area (Å²) in [6.07, 6.45) is 5.79. The van der Waals surface area contributed by atoms with Crippen LogP contribution in [0.5, 0.6) is 0 Å². The fourth-order valence-electron chi connectivity index (χ4n) is 2.68. The molecule has 1 aliphatic heterocycles. The Hall–Kier alpha value is -1.58. The van der Waals surface area contributed by atoms with E-state index >= 15 is 0 Å². The van der Waals surface area contributed by atoms with Gasteiger partial charge < -0.3 is 5.32 Å². The molecule has 114 valence electrons. The second kappa shape index (κ2) is 7.12. The van der Waals surface area contributed by atoms with Crippen molar-refractivity contribution in [2.75, 3.05) is 13.1 Å². The summed E-state index contributed by atoms with van der Waals surface area (Å²) in [5, 5.41) is 4.63. The first-order chi connectivity index (χ1) is 10.8. The van der Waals surface area contributed by atoms with E-state index in [1.807, 2.05) is 30.5 Å². The van der Waals surface area contributed by atoms with Gasteiger partial charge in [-0.15, -0.1) is 0 Å². The molecule has 0 spiro atoms. The minimum atomic E-state index is 0.0863. The standard InChI is InChI=1S/C17H17Cl2N3/c18-15-6-1-5-13(17(15)19)14(12-4-2-8-20-10-12)11-22-16-7-3-9-21-16/h1-2,4-6,8,10,14H,3,7,9,11H2,(H,21,22). The summed E-state index contributed by atoms with van der Waals surface area (Å²) in [6.45, 7) is 1.64. The topological polar surface area (TPSA) is 37.3 Å². The maximum Gasteiger partial charge on any atom is 0.0964 e. The van der Waals surface area contributed by atoms with Crippen molar-refractivity contribution in [1.29, 1.82) is 0 Å². The smallest absolute Gasteiger partial charge is 0.0964 e. The van der Waals surface area contributed by atoms with E-state index in [0.717, 1.165) is 42.9 Å². The third-order valence-corrected chi connectivity index (χ3v) is 4.66. The van der Waals surface area contributed by atoms with Gasteiger partial charge in [0.15, 0.2) is 0 Å². The number of nitrogens with zero attached hydrogens (tertiary/aromatic N) is 2. The van der Waals surface area contributed by atoms with Gasteiger partial charge in [-0.25, -0.2) is 0 Å². The summed E-state index contributed by atoms with van der Waals surface area (Å²) >= 11 is 12.6. The number of benzene rings is 1. The quantitative estimate of drug-likeness (QED) is 0.905. The number of aliphatic imine (C=N–C) groups is 1. The van der Waals surface area contributed by atoms with Crippen molar-refractivity contribution >= 4 is 29.0 Å². The number of hydrogen-bond donors (Lipinski definition) is 1. The summed E-state index contributed by atoms with van der Waals surface area (Å²) in [5.41, 5.74) is 2.12. The highest BCUT2D eigenvalue weighted by molar-refractivity contribution is 6.42. The zero-order valence-electron chi connectivity index (χ0n) is 12.1. The molecule has 5 heteroatoms. The maximum atomic E-state index is 6.42. The molecule has 1 N–H and O–H groups in total. The Morgan fingerprint density at radius 2 is 2.09 bits per heavy atom. The van der Waals surface area contributed by atoms with Crippen molar-refractivity contribution in [3.8, 4) is 0 Å². The van der Waals surface area contributed by atoms with Gasteiger partial charge >= 0.3 is 0 Å². The van der Waals surface area contributed by atoms with Crippen LogP contribution in [0.1, 0.15) is 29.9 Å². The second-order valence-corrected chi connectivity index (χ2v) is 6.08. The molecule has 0 radical (unpaired) electrons. The highest BCUT2D eigenvalue weighted by Crippen LogP contribution is 2.34. The third-order valence-electron chi connectivity index (χ3n) is 3.83. The minimum Gasteiger partial charge on any atom is -0.373 e. The van der Waals surface area contributed by atoms with Gasteiger partial charge in [0.2, 0.25) is 0 Å². The van der Waals surface area contributed by atoms with E-state index in [0.29, 0.717) is 10.0 Å². The van der Waals surface area contributed by atoms with Crippen molar-refractivity contribution in [2.24, 2.45) is 4.99 Å². The average Bonchev–Trinajstić information content (AvgIpc) is 3.06. The fourth-order valence-corrected chi connectivity index (χ4v) is 3.12. The molecule has 0 aliphatic carbocycles. The first-order valence-corrected chi connectivity index (χ1v) is 8.12. The second-order valence-electron chi connectivity index (χ2n) is 5.29. The van der Waals surface area contributed by atoms with E-state index in [-0.39, 0.29) is 5.92 Å². The van der Waals surface area contributed by atoms with Crippen molar-refractivity contribution < 1.29 is 0 Å². The zero-order chi connectivity index (χ0) is 15.4. The molecule has 3 rings (SSSR count). The molecule has 0 saturated carbocycles. The van der Waals surface area contributed by atoms with E-state index < -0.39 is 0 Å². The van der Waals surface area contributed by atoms with Crippen molar-refractivity contribution in [1.82, 2.24) is 10.3 Å². The van der Waals surface area contributed by atoms with Crippen LogP contribution in [0.15, 0.2) is 47.7 Å². The normalized spacial score (nSPS) is 15.5. The largest absolute Gasteiger partial charge is 0.373 e. The molecule has 2 heterocycles. The summed E-state index contributed by atoms with van der Waals surface area (Å²) in [4.78, 5) is 8.69. The van der Waals surface area contributed by atoms with Crippen LogP contribution in [0.25, 0.3) is 0 Å². The SMILES string of the molecule is Clc1cccc(C(CNC2=NCCC2)c2cccnc2)c1Cl. The van der Waals surface area contributed by atoms with Crippen LogP contribution in [0.3, 0.4) is 0 Å². The van der Waals surface area contributed by atoms with Crippen LogP contribution in [0.2, 0.25) is 10.0 Å².